The van der Waals surface area contributed by atoms with Crippen LogP contribution in [0.5, 0.6) is 11.5 Å². The predicted octanol–water partition coefficient (Wildman–Crippen LogP) is 5.61. The van der Waals surface area contributed by atoms with Gasteiger partial charge in [-0.05, 0) is 29.2 Å². The first kappa shape index (κ1) is 25.9. The number of nitrogens with zero attached hydrogens (tertiary/aromatic N) is 2. The molecule has 198 valence electrons. The van der Waals surface area contributed by atoms with E-state index in [0.29, 0.717) is 17.9 Å². The van der Waals surface area contributed by atoms with Crippen LogP contribution in [0, 0.1) is 0 Å². The average molecular weight is 512 g/mol. The van der Waals surface area contributed by atoms with Crippen molar-refractivity contribution in [2.24, 2.45) is 0 Å². The fourth-order valence-electron chi connectivity index (χ4n) is 5.70. The number of hydrogen-bond donors (Lipinski definition) is 1. The molecule has 2 heterocycles. The molecule has 1 saturated heterocycles. The Morgan fingerprint density at radius 2 is 1.66 bits per heavy atom. The van der Waals surface area contributed by atoms with Gasteiger partial charge in [-0.3, -0.25) is 9.69 Å². The first-order valence-corrected chi connectivity index (χ1v) is 13.5. The number of fused-ring (bicyclic) bond motifs is 1. The average Bonchev–Trinajstić information content (AvgIpc) is 3.40. The minimum Gasteiger partial charge on any atom is -0.493 e. The molecule has 1 amide bonds. The minimum atomic E-state index is -0.171. The quantitative estimate of drug-likeness (QED) is 0.317. The number of carbonyl (C=O) groups excluding carboxylic acids is 1. The lowest BCUT2D eigenvalue weighted by Gasteiger charge is -2.35. The first-order chi connectivity index (χ1) is 18.6. The third kappa shape index (κ3) is 5.27. The van der Waals surface area contributed by atoms with Crippen molar-refractivity contribution in [1.29, 1.82) is 0 Å². The van der Waals surface area contributed by atoms with Crippen molar-refractivity contribution in [3.63, 3.8) is 0 Å². The summed E-state index contributed by atoms with van der Waals surface area (Å²) in [5.41, 5.74) is 5.79. The van der Waals surface area contributed by atoms with E-state index in [4.69, 9.17) is 9.47 Å². The van der Waals surface area contributed by atoms with Crippen LogP contribution >= 0.6 is 0 Å². The molecule has 4 aromatic rings. The summed E-state index contributed by atoms with van der Waals surface area (Å²) in [6.07, 6.45) is 3.38. The molecule has 0 radical (unpaired) electrons. The Hall–Kier alpha value is -3.77. The minimum absolute atomic E-state index is 0.167. The van der Waals surface area contributed by atoms with Gasteiger partial charge in [0.2, 0.25) is 5.91 Å². The predicted molar refractivity (Wildman–Crippen MR) is 152 cm³/mol. The molecule has 1 aliphatic heterocycles. The molecular formula is C32H37N3O3. The van der Waals surface area contributed by atoms with Crippen LogP contribution in [0.15, 0.2) is 72.9 Å². The lowest BCUT2D eigenvalue weighted by molar-refractivity contribution is -0.133. The number of H-pyrrole nitrogens is 1. The molecule has 0 aliphatic carbocycles. The van der Waals surface area contributed by atoms with Crippen molar-refractivity contribution in [2.45, 2.75) is 32.2 Å². The van der Waals surface area contributed by atoms with Crippen molar-refractivity contribution in [1.82, 2.24) is 14.8 Å². The Balaban J connectivity index is 1.41. The zero-order chi connectivity index (χ0) is 26.5. The summed E-state index contributed by atoms with van der Waals surface area (Å²) < 4.78 is 11.5. The second-order valence-corrected chi connectivity index (χ2v) is 9.92. The Bertz CT molecular complexity index is 1370. The highest BCUT2D eigenvalue weighted by Gasteiger charge is 2.29. The van der Waals surface area contributed by atoms with Gasteiger partial charge in [0.05, 0.1) is 14.2 Å². The molecular weight excluding hydrogens is 474 g/mol. The summed E-state index contributed by atoms with van der Waals surface area (Å²) >= 11 is 0. The molecule has 0 bridgehead atoms. The zero-order valence-electron chi connectivity index (χ0n) is 22.6. The highest BCUT2D eigenvalue weighted by atomic mass is 16.5. The van der Waals surface area contributed by atoms with Crippen LogP contribution in [0.1, 0.15) is 41.5 Å². The summed E-state index contributed by atoms with van der Waals surface area (Å²) in [5.74, 6) is 1.35. The van der Waals surface area contributed by atoms with Gasteiger partial charge in [-0.1, -0.05) is 67.6 Å². The summed E-state index contributed by atoms with van der Waals surface area (Å²) in [6, 6.07) is 22.9. The van der Waals surface area contributed by atoms with E-state index in [9.17, 15) is 4.79 Å². The van der Waals surface area contributed by atoms with E-state index in [1.807, 2.05) is 23.1 Å². The number of aromatic amines is 1. The van der Waals surface area contributed by atoms with Crippen molar-refractivity contribution in [3.05, 3.63) is 95.2 Å². The maximum Gasteiger partial charge on any atom is 0.223 e. The van der Waals surface area contributed by atoms with Crippen molar-refractivity contribution >= 4 is 16.8 Å². The highest BCUT2D eigenvalue weighted by molar-refractivity contribution is 5.88. The molecule has 1 unspecified atom stereocenters. The van der Waals surface area contributed by atoms with Crippen molar-refractivity contribution < 1.29 is 14.3 Å². The lowest BCUT2D eigenvalue weighted by Crippen LogP contribution is -2.48. The van der Waals surface area contributed by atoms with Crippen molar-refractivity contribution in [3.8, 4) is 11.5 Å². The van der Waals surface area contributed by atoms with E-state index in [-0.39, 0.29) is 11.8 Å². The number of carbonyl (C=O) groups is 1. The smallest absolute Gasteiger partial charge is 0.223 e. The van der Waals surface area contributed by atoms with E-state index < -0.39 is 0 Å². The Kier molecular flexibility index (Phi) is 7.99. The third-order valence-electron chi connectivity index (χ3n) is 7.75. The molecule has 6 nitrogen and oxygen atoms in total. The molecule has 1 fully saturated rings. The van der Waals surface area contributed by atoms with Gasteiger partial charge in [0.1, 0.15) is 0 Å². The summed E-state index contributed by atoms with van der Waals surface area (Å²) in [5, 5.41) is 1.15. The first-order valence-electron chi connectivity index (χ1n) is 13.5. The SMILES string of the molecule is CCc1cccc2c(C(CC(=O)N3CCN(Cc4ccccc4)CC3)c3cccc(OC)c3OC)c[nH]c12. The number of amides is 1. The van der Waals surface area contributed by atoms with E-state index >= 15 is 0 Å². The van der Waals surface area contributed by atoms with Gasteiger partial charge in [0, 0.05) is 67.7 Å². The topological polar surface area (TPSA) is 57.8 Å². The fourth-order valence-corrected chi connectivity index (χ4v) is 5.70. The molecule has 38 heavy (non-hydrogen) atoms. The Morgan fingerprint density at radius 3 is 2.37 bits per heavy atom. The number of methoxy groups -OCH3 is 2. The fraction of sp³-hybridized carbons (Fsp3) is 0.344. The second-order valence-electron chi connectivity index (χ2n) is 9.92. The molecule has 0 saturated carbocycles. The van der Waals surface area contributed by atoms with Crippen LogP contribution in [0.25, 0.3) is 10.9 Å². The Labute approximate surface area is 225 Å². The normalized spacial score (nSPS) is 15.0. The van der Waals surface area contributed by atoms with Gasteiger partial charge in [-0.15, -0.1) is 0 Å². The van der Waals surface area contributed by atoms with Gasteiger partial charge in [0.25, 0.3) is 0 Å². The number of ether oxygens (including phenoxy) is 2. The molecule has 6 heteroatoms. The highest BCUT2D eigenvalue weighted by Crippen LogP contribution is 2.42. The number of nitrogens with one attached hydrogen (secondary N) is 1. The van der Waals surface area contributed by atoms with Crippen LogP contribution in [0.3, 0.4) is 0 Å². The summed E-state index contributed by atoms with van der Waals surface area (Å²) in [4.78, 5) is 21.7. The molecule has 0 spiro atoms. The molecule has 1 aromatic heterocycles. The van der Waals surface area contributed by atoms with E-state index in [1.165, 1.54) is 11.1 Å². The molecule has 1 aliphatic rings. The monoisotopic (exact) mass is 511 g/mol. The van der Waals surface area contributed by atoms with Crippen LogP contribution in [-0.2, 0) is 17.8 Å². The number of hydrogen-bond acceptors (Lipinski definition) is 4. The van der Waals surface area contributed by atoms with Crippen LogP contribution in [0.2, 0.25) is 0 Å². The van der Waals surface area contributed by atoms with E-state index in [1.54, 1.807) is 14.2 Å². The van der Waals surface area contributed by atoms with Crippen LogP contribution in [0.4, 0.5) is 0 Å². The maximum atomic E-state index is 13.8. The van der Waals surface area contributed by atoms with Crippen LogP contribution < -0.4 is 9.47 Å². The summed E-state index contributed by atoms with van der Waals surface area (Å²) in [6.45, 7) is 6.31. The maximum absolute atomic E-state index is 13.8. The van der Waals surface area contributed by atoms with E-state index in [0.717, 1.165) is 61.2 Å². The molecule has 3 aromatic carbocycles. The van der Waals surface area contributed by atoms with Crippen molar-refractivity contribution in [2.75, 3.05) is 40.4 Å². The molecule has 1 atom stereocenters. The summed E-state index contributed by atoms with van der Waals surface area (Å²) in [7, 11) is 3.31. The Morgan fingerprint density at radius 1 is 0.895 bits per heavy atom. The van der Waals surface area contributed by atoms with Gasteiger partial charge in [-0.2, -0.15) is 0 Å². The third-order valence-corrected chi connectivity index (χ3v) is 7.75. The van der Waals surface area contributed by atoms with Gasteiger partial charge in [0.15, 0.2) is 11.5 Å². The van der Waals surface area contributed by atoms with Gasteiger partial charge >= 0.3 is 0 Å². The number of aromatic nitrogens is 1. The standard InChI is InChI=1S/C32H37N3O3/c1-4-24-12-8-13-25-28(21-33-31(24)25)27(26-14-9-15-29(37-2)32(26)38-3)20-30(36)35-18-16-34(17-19-35)22-23-10-6-5-7-11-23/h5-15,21,27,33H,4,16-20,22H2,1-3H3. The van der Waals surface area contributed by atoms with Gasteiger partial charge < -0.3 is 19.4 Å². The molecule has 5 rings (SSSR count). The molecule has 1 N–H and O–H groups in total. The number of rotatable bonds is 9. The second kappa shape index (κ2) is 11.7. The van der Waals surface area contributed by atoms with Crippen LogP contribution in [-0.4, -0.2) is 61.1 Å². The number of piperazine rings is 1. The number of benzene rings is 3. The number of para-hydroxylation sites is 2. The lowest BCUT2D eigenvalue weighted by atomic mass is 9.86. The largest absolute Gasteiger partial charge is 0.493 e. The zero-order valence-corrected chi connectivity index (χ0v) is 22.6. The number of aryl methyl sites for hydroxylation is 1. The van der Waals surface area contributed by atoms with Gasteiger partial charge in [-0.25, -0.2) is 0 Å². The van der Waals surface area contributed by atoms with E-state index in [2.05, 4.69) is 71.5 Å².